The molecule has 0 fully saturated rings. The molecule has 1 N–H and O–H groups in total. The quantitative estimate of drug-likeness (QED) is 0.408. The predicted molar refractivity (Wildman–Crippen MR) is 122 cm³/mol. The Morgan fingerprint density at radius 2 is 1.84 bits per heavy atom. The topological polar surface area (TPSA) is 107 Å². The van der Waals surface area contributed by atoms with E-state index in [0.717, 1.165) is 16.0 Å². The molecule has 4 aromatic rings. The second-order valence-corrected chi connectivity index (χ2v) is 8.26. The van der Waals surface area contributed by atoms with Crippen LogP contribution in [0.15, 0.2) is 76.6 Å². The molecule has 8 nitrogen and oxygen atoms in total. The van der Waals surface area contributed by atoms with E-state index in [9.17, 15) is 14.7 Å². The molecule has 4 rings (SSSR count). The van der Waals surface area contributed by atoms with Crippen molar-refractivity contribution in [2.24, 2.45) is 0 Å². The number of nitrogens with zero attached hydrogens (tertiary/aromatic N) is 4. The van der Waals surface area contributed by atoms with E-state index in [-0.39, 0.29) is 18.5 Å². The van der Waals surface area contributed by atoms with Gasteiger partial charge in [-0.25, -0.2) is 9.67 Å². The van der Waals surface area contributed by atoms with Crippen molar-refractivity contribution in [2.75, 3.05) is 7.11 Å². The molecule has 0 saturated heterocycles. The van der Waals surface area contributed by atoms with Gasteiger partial charge in [0.05, 0.1) is 12.5 Å². The number of carboxylic acids is 1. The summed E-state index contributed by atoms with van der Waals surface area (Å²) in [7, 11) is 1.57. The number of thioether (sulfide) groups is 1. The second kappa shape index (κ2) is 9.61. The lowest BCUT2D eigenvalue weighted by Crippen LogP contribution is -2.27. The maximum Gasteiger partial charge on any atom is 0.317 e. The third-order valence-corrected chi connectivity index (χ3v) is 6.19. The molecule has 2 aromatic carbocycles. The summed E-state index contributed by atoms with van der Waals surface area (Å²) in [4.78, 5) is 29.4. The van der Waals surface area contributed by atoms with Crippen LogP contribution in [0.3, 0.4) is 0 Å². The Kier molecular flexibility index (Phi) is 6.46. The van der Waals surface area contributed by atoms with Gasteiger partial charge in [0.15, 0.2) is 0 Å². The van der Waals surface area contributed by atoms with Crippen molar-refractivity contribution < 1.29 is 14.6 Å². The van der Waals surface area contributed by atoms with E-state index in [2.05, 4.69) is 15.3 Å². The summed E-state index contributed by atoms with van der Waals surface area (Å²) in [6.07, 6.45) is 1.96. The number of aromatic nitrogens is 4. The lowest BCUT2D eigenvalue weighted by molar-refractivity contribution is -0.136. The van der Waals surface area contributed by atoms with Crippen LogP contribution in [-0.2, 0) is 11.3 Å². The van der Waals surface area contributed by atoms with Gasteiger partial charge in [-0.1, -0.05) is 29.5 Å². The number of carboxylic acid groups (broad SMARTS) is 1. The van der Waals surface area contributed by atoms with Crippen LogP contribution >= 0.6 is 11.8 Å². The summed E-state index contributed by atoms with van der Waals surface area (Å²) in [5.74, 6) is -0.402. The number of hydrogen-bond acceptors (Lipinski definition) is 7. The van der Waals surface area contributed by atoms with E-state index < -0.39 is 11.2 Å². The van der Waals surface area contributed by atoms with Crippen molar-refractivity contribution >= 4 is 28.6 Å². The van der Waals surface area contributed by atoms with Crippen LogP contribution in [-0.4, -0.2) is 43.4 Å². The number of rotatable bonds is 8. The zero-order valence-corrected chi connectivity index (χ0v) is 18.0. The fraction of sp³-hybridized carbons (Fsp3) is 0.174. The summed E-state index contributed by atoms with van der Waals surface area (Å²) >= 11 is 1.24. The Morgan fingerprint density at radius 1 is 1.09 bits per heavy atom. The first-order chi connectivity index (χ1) is 15.5. The zero-order valence-electron chi connectivity index (χ0n) is 17.2. The molecule has 0 spiro atoms. The van der Waals surface area contributed by atoms with Gasteiger partial charge in [-0.2, -0.15) is 0 Å². The van der Waals surface area contributed by atoms with Crippen LogP contribution in [0, 0.1) is 0 Å². The Hall–Kier alpha value is -3.72. The summed E-state index contributed by atoms with van der Waals surface area (Å²) in [5, 5.41) is 17.4. The van der Waals surface area contributed by atoms with Crippen LogP contribution in [0.25, 0.3) is 22.0 Å². The van der Waals surface area contributed by atoms with Gasteiger partial charge >= 0.3 is 5.97 Å². The molecule has 0 amide bonds. The van der Waals surface area contributed by atoms with Gasteiger partial charge < -0.3 is 9.84 Å². The Bertz CT molecular complexity index is 1290. The van der Waals surface area contributed by atoms with Crippen LogP contribution in [0.5, 0.6) is 5.88 Å². The lowest BCUT2D eigenvalue weighted by Gasteiger charge is -2.13. The maximum atomic E-state index is 12.6. The molecule has 32 heavy (non-hydrogen) atoms. The molecule has 1 unspecified atom stereocenters. The SMILES string of the molecule is COc1ccc(-c2ccc(SC(CCn3nnc4ccccc4c3=O)C(=O)O)cc2)cn1. The standard InChI is InChI=1S/C23H20N4O4S/c1-31-21-11-8-16(14-24-21)15-6-9-17(10-7-15)32-20(23(29)30)12-13-27-22(28)18-4-2-3-5-19(18)25-26-27/h2-11,14,20H,12-13H2,1H3,(H,29,30). The zero-order chi connectivity index (χ0) is 22.5. The fourth-order valence-electron chi connectivity index (χ4n) is 3.20. The molecule has 0 radical (unpaired) electrons. The largest absolute Gasteiger partial charge is 0.481 e. The molecule has 162 valence electrons. The average Bonchev–Trinajstić information content (AvgIpc) is 2.83. The number of fused-ring (bicyclic) bond motifs is 1. The van der Waals surface area contributed by atoms with Gasteiger partial charge in [-0.15, -0.1) is 16.9 Å². The minimum absolute atomic E-state index is 0.163. The van der Waals surface area contributed by atoms with Crippen LogP contribution in [0.4, 0.5) is 0 Å². The minimum Gasteiger partial charge on any atom is -0.481 e. The van der Waals surface area contributed by atoms with Crippen LogP contribution in [0.1, 0.15) is 6.42 Å². The highest BCUT2D eigenvalue weighted by Gasteiger charge is 2.20. The molecule has 0 aliphatic heterocycles. The molecule has 0 aliphatic carbocycles. The van der Waals surface area contributed by atoms with Crippen molar-refractivity contribution in [3.05, 3.63) is 77.2 Å². The third-order valence-electron chi connectivity index (χ3n) is 4.92. The number of aryl methyl sites for hydroxylation is 1. The van der Waals surface area contributed by atoms with Gasteiger partial charge in [0, 0.05) is 29.3 Å². The van der Waals surface area contributed by atoms with E-state index in [1.54, 1.807) is 43.6 Å². The number of benzene rings is 2. The van der Waals surface area contributed by atoms with E-state index in [1.807, 2.05) is 30.3 Å². The van der Waals surface area contributed by atoms with E-state index >= 15 is 0 Å². The Morgan fingerprint density at radius 3 is 2.53 bits per heavy atom. The molecule has 0 bridgehead atoms. The molecule has 9 heteroatoms. The molecule has 0 saturated carbocycles. The third kappa shape index (κ3) is 4.78. The van der Waals surface area contributed by atoms with Crippen molar-refractivity contribution in [3.8, 4) is 17.0 Å². The minimum atomic E-state index is -0.944. The first kappa shape index (κ1) is 21.5. The highest BCUT2D eigenvalue weighted by molar-refractivity contribution is 8.00. The Balaban J connectivity index is 1.45. The first-order valence-corrected chi connectivity index (χ1v) is 10.8. The van der Waals surface area contributed by atoms with Gasteiger partial charge in [0.2, 0.25) is 5.88 Å². The van der Waals surface area contributed by atoms with Crippen LogP contribution < -0.4 is 10.3 Å². The Labute approximate surface area is 187 Å². The monoisotopic (exact) mass is 448 g/mol. The molecule has 1 atom stereocenters. The van der Waals surface area contributed by atoms with Gasteiger partial charge in [0.25, 0.3) is 5.56 Å². The smallest absolute Gasteiger partial charge is 0.317 e. The van der Waals surface area contributed by atoms with Crippen molar-refractivity contribution in [1.29, 1.82) is 0 Å². The van der Waals surface area contributed by atoms with Crippen LogP contribution in [0.2, 0.25) is 0 Å². The first-order valence-electron chi connectivity index (χ1n) is 9.87. The van der Waals surface area contributed by atoms with Gasteiger partial charge in [0.1, 0.15) is 10.8 Å². The molecule has 2 heterocycles. The normalized spacial score (nSPS) is 11.9. The number of carbonyl (C=O) groups is 1. The van der Waals surface area contributed by atoms with Gasteiger partial charge in [-0.05, 0) is 42.3 Å². The molecular weight excluding hydrogens is 428 g/mol. The highest BCUT2D eigenvalue weighted by Crippen LogP contribution is 2.29. The van der Waals surface area contributed by atoms with Crippen molar-refractivity contribution in [2.45, 2.75) is 23.1 Å². The number of hydrogen-bond donors (Lipinski definition) is 1. The summed E-state index contributed by atoms with van der Waals surface area (Å²) in [6, 6.07) is 18.2. The summed E-state index contributed by atoms with van der Waals surface area (Å²) in [6.45, 7) is 0.163. The predicted octanol–water partition coefficient (Wildman–Crippen LogP) is 3.50. The molecule has 0 aliphatic rings. The van der Waals surface area contributed by atoms with Crippen molar-refractivity contribution in [3.63, 3.8) is 0 Å². The maximum absolute atomic E-state index is 12.6. The molecule has 2 aromatic heterocycles. The van der Waals surface area contributed by atoms with E-state index in [1.165, 1.54) is 16.4 Å². The summed E-state index contributed by atoms with van der Waals surface area (Å²) < 4.78 is 6.29. The number of methoxy groups -OCH3 is 1. The second-order valence-electron chi connectivity index (χ2n) is 6.98. The van der Waals surface area contributed by atoms with Gasteiger partial charge in [-0.3, -0.25) is 9.59 Å². The average molecular weight is 449 g/mol. The number of ether oxygens (including phenoxy) is 1. The summed E-state index contributed by atoms with van der Waals surface area (Å²) in [5.41, 5.74) is 2.15. The lowest BCUT2D eigenvalue weighted by atomic mass is 10.1. The number of pyridine rings is 1. The molecular formula is C23H20N4O4S. The number of aliphatic carboxylic acids is 1. The van der Waals surface area contributed by atoms with Crippen molar-refractivity contribution in [1.82, 2.24) is 20.0 Å². The van der Waals surface area contributed by atoms with E-state index in [4.69, 9.17) is 4.74 Å². The highest BCUT2D eigenvalue weighted by atomic mass is 32.2. The van der Waals surface area contributed by atoms with E-state index in [0.29, 0.717) is 16.8 Å². The fourth-order valence-corrected chi connectivity index (χ4v) is 4.15.